The SMILES string of the molecule is CCCNCC(C)(O)c1ccccc1OCC. The summed E-state index contributed by atoms with van der Waals surface area (Å²) in [5.74, 6) is 0.762. The number of hydrogen-bond acceptors (Lipinski definition) is 3. The number of para-hydroxylation sites is 1. The molecule has 0 radical (unpaired) electrons. The van der Waals surface area contributed by atoms with Gasteiger partial charge in [-0.15, -0.1) is 0 Å². The third kappa shape index (κ3) is 4.02. The van der Waals surface area contributed by atoms with Crippen molar-refractivity contribution in [3.8, 4) is 5.75 Å². The first kappa shape index (κ1) is 14.0. The van der Waals surface area contributed by atoms with Gasteiger partial charge in [0.15, 0.2) is 0 Å². The molecule has 1 rings (SSSR count). The van der Waals surface area contributed by atoms with Gasteiger partial charge in [-0.3, -0.25) is 0 Å². The largest absolute Gasteiger partial charge is 0.493 e. The normalized spacial score (nSPS) is 14.4. The van der Waals surface area contributed by atoms with Gasteiger partial charge in [-0.25, -0.2) is 0 Å². The summed E-state index contributed by atoms with van der Waals surface area (Å²) in [4.78, 5) is 0. The van der Waals surface area contributed by atoms with Crippen LogP contribution in [0, 0.1) is 0 Å². The van der Waals surface area contributed by atoms with E-state index >= 15 is 0 Å². The van der Waals surface area contributed by atoms with Crippen molar-refractivity contribution in [1.82, 2.24) is 5.32 Å². The van der Waals surface area contributed by atoms with E-state index in [1.807, 2.05) is 38.1 Å². The maximum Gasteiger partial charge on any atom is 0.125 e. The average molecular weight is 237 g/mol. The molecule has 1 atom stereocenters. The fourth-order valence-corrected chi connectivity index (χ4v) is 1.80. The summed E-state index contributed by atoms with van der Waals surface area (Å²) < 4.78 is 5.54. The van der Waals surface area contributed by atoms with Crippen LogP contribution in [0.5, 0.6) is 5.75 Å². The van der Waals surface area contributed by atoms with E-state index in [0.29, 0.717) is 13.2 Å². The Balaban J connectivity index is 2.81. The maximum absolute atomic E-state index is 10.5. The molecule has 2 N–H and O–H groups in total. The topological polar surface area (TPSA) is 41.5 Å². The van der Waals surface area contributed by atoms with Crippen molar-refractivity contribution in [2.75, 3.05) is 19.7 Å². The first-order valence-electron chi connectivity index (χ1n) is 6.27. The molecule has 0 aliphatic carbocycles. The Morgan fingerprint density at radius 1 is 1.29 bits per heavy atom. The smallest absolute Gasteiger partial charge is 0.125 e. The number of ether oxygens (including phenoxy) is 1. The van der Waals surface area contributed by atoms with Crippen molar-refractivity contribution < 1.29 is 9.84 Å². The van der Waals surface area contributed by atoms with Gasteiger partial charge < -0.3 is 15.2 Å². The van der Waals surface area contributed by atoms with Crippen molar-refractivity contribution in [3.05, 3.63) is 29.8 Å². The van der Waals surface area contributed by atoms with Crippen LogP contribution in [-0.4, -0.2) is 24.8 Å². The quantitative estimate of drug-likeness (QED) is 0.715. The van der Waals surface area contributed by atoms with Crippen molar-refractivity contribution in [3.63, 3.8) is 0 Å². The molecule has 0 saturated heterocycles. The van der Waals surface area contributed by atoms with Gasteiger partial charge in [0.1, 0.15) is 11.4 Å². The molecule has 1 unspecified atom stereocenters. The molecule has 0 bridgehead atoms. The Labute approximate surface area is 104 Å². The van der Waals surface area contributed by atoms with Crippen LogP contribution in [-0.2, 0) is 5.60 Å². The van der Waals surface area contributed by atoms with Crippen molar-refractivity contribution in [2.24, 2.45) is 0 Å². The molecule has 0 saturated carbocycles. The first-order chi connectivity index (χ1) is 8.11. The fraction of sp³-hybridized carbons (Fsp3) is 0.571. The second kappa shape index (κ2) is 6.62. The standard InChI is InChI=1S/C14H23NO2/c1-4-10-15-11-14(3,16)12-8-6-7-9-13(12)17-5-2/h6-9,15-16H,4-5,10-11H2,1-3H3. The summed E-state index contributed by atoms with van der Waals surface area (Å²) in [6, 6.07) is 7.65. The first-order valence-corrected chi connectivity index (χ1v) is 6.27. The van der Waals surface area contributed by atoms with E-state index in [9.17, 15) is 5.11 Å². The summed E-state index contributed by atoms with van der Waals surface area (Å²) in [5, 5.41) is 13.7. The van der Waals surface area contributed by atoms with E-state index in [0.717, 1.165) is 24.3 Å². The second-order valence-electron chi connectivity index (χ2n) is 4.38. The zero-order valence-electron chi connectivity index (χ0n) is 11.0. The average Bonchev–Trinajstić information content (AvgIpc) is 2.30. The van der Waals surface area contributed by atoms with Gasteiger partial charge in [-0.1, -0.05) is 25.1 Å². The minimum Gasteiger partial charge on any atom is -0.493 e. The number of aliphatic hydroxyl groups is 1. The van der Waals surface area contributed by atoms with Gasteiger partial charge in [-0.05, 0) is 32.9 Å². The van der Waals surface area contributed by atoms with Crippen LogP contribution in [0.15, 0.2) is 24.3 Å². The van der Waals surface area contributed by atoms with E-state index in [4.69, 9.17) is 4.74 Å². The zero-order valence-corrected chi connectivity index (χ0v) is 11.0. The van der Waals surface area contributed by atoms with Gasteiger partial charge in [0.05, 0.1) is 6.61 Å². The van der Waals surface area contributed by atoms with Crippen LogP contribution in [0.2, 0.25) is 0 Å². The number of hydrogen-bond donors (Lipinski definition) is 2. The number of benzene rings is 1. The van der Waals surface area contributed by atoms with Gasteiger partial charge in [-0.2, -0.15) is 0 Å². The molecule has 0 spiro atoms. The molecular weight excluding hydrogens is 214 g/mol. The zero-order chi connectivity index (χ0) is 12.7. The highest BCUT2D eigenvalue weighted by atomic mass is 16.5. The van der Waals surface area contributed by atoms with Gasteiger partial charge in [0.25, 0.3) is 0 Å². The van der Waals surface area contributed by atoms with Crippen LogP contribution < -0.4 is 10.1 Å². The third-order valence-electron chi connectivity index (χ3n) is 2.66. The fourth-order valence-electron chi connectivity index (χ4n) is 1.80. The predicted octanol–water partition coefficient (Wildman–Crippen LogP) is 2.29. The van der Waals surface area contributed by atoms with E-state index in [2.05, 4.69) is 12.2 Å². The van der Waals surface area contributed by atoms with Crippen molar-refractivity contribution in [2.45, 2.75) is 32.8 Å². The van der Waals surface area contributed by atoms with Crippen LogP contribution in [0.1, 0.15) is 32.8 Å². The summed E-state index contributed by atoms with van der Waals surface area (Å²) in [6.45, 7) is 7.91. The monoisotopic (exact) mass is 237 g/mol. The van der Waals surface area contributed by atoms with Crippen LogP contribution >= 0.6 is 0 Å². The Kier molecular flexibility index (Phi) is 5.45. The molecule has 96 valence electrons. The highest BCUT2D eigenvalue weighted by Crippen LogP contribution is 2.29. The lowest BCUT2D eigenvalue weighted by Crippen LogP contribution is -2.36. The summed E-state index contributed by atoms with van der Waals surface area (Å²) in [5.41, 5.74) is -0.0635. The molecule has 0 amide bonds. The number of rotatable bonds is 7. The summed E-state index contributed by atoms with van der Waals surface area (Å²) in [6.07, 6.45) is 1.06. The molecular formula is C14H23NO2. The Bertz CT molecular complexity index is 337. The Hall–Kier alpha value is -1.06. The Morgan fingerprint density at radius 2 is 2.00 bits per heavy atom. The Morgan fingerprint density at radius 3 is 2.65 bits per heavy atom. The summed E-state index contributed by atoms with van der Waals surface area (Å²) in [7, 11) is 0. The van der Waals surface area contributed by atoms with Crippen molar-refractivity contribution >= 4 is 0 Å². The van der Waals surface area contributed by atoms with E-state index < -0.39 is 5.60 Å². The summed E-state index contributed by atoms with van der Waals surface area (Å²) >= 11 is 0. The minimum absolute atomic E-state index is 0.533. The van der Waals surface area contributed by atoms with Crippen molar-refractivity contribution in [1.29, 1.82) is 0 Å². The third-order valence-corrected chi connectivity index (χ3v) is 2.66. The highest BCUT2D eigenvalue weighted by molar-refractivity contribution is 5.37. The lowest BCUT2D eigenvalue weighted by molar-refractivity contribution is 0.0540. The second-order valence-corrected chi connectivity index (χ2v) is 4.38. The van der Waals surface area contributed by atoms with Crippen LogP contribution in [0.25, 0.3) is 0 Å². The molecule has 0 aliphatic rings. The van der Waals surface area contributed by atoms with Gasteiger partial charge in [0.2, 0.25) is 0 Å². The number of nitrogens with one attached hydrogen (secondary N) is 1. The molecule has 3 heteroatoms. The van der Waals surface area contributed by atoms with Crippen LogP contribution in [0.4, 0.5) is 0 Å². The molecule has 0 heterocycles. The molecule has 1 aromatic rings. The van der Waals surface area contributed by atoms with Gasteiger partial charge in [0, 0.05) is 12.1 Å². The molecule has 3 nitrogen and oxygen atoms in total. The highest BCUT2D eigenvalue weighted by Gasteiger charge is 2.25. The predicted molar refractivity (Wildman–Crippen MR) is 70.3 cm³/mol. The van der Waals surface area contributed by atoms with E-state index in [1.54, 1.807) is 0 Å². The molecule has 17 heavy (non-hydrogen) atoms. The van der Waals surface area contributed by atoms with E-state index in [-0.39, 0.29) is 0 Å². The van der Waals surface area contributed by atoms with Gasteiger partial charge >= 0.3 is 0 Å². The minimum atomic E-state index is -0.902. The van der Waals surface area contributed by atoms with E-state index in [1.165, 1.54) is 0 Å². The lowest BCUT2D eigenvalue weighted by atomic mass is 9.95. The molecule has 1 aromatic carbocycles. The molecule has 0 fully saturated rings. The maximum atomic E-state index is 10.5. The lowest BCUT2D eigenvalue weighted by Gasteiger charge is -2.26. The molecule has 0 aliphatic heterocycles. The molecule has 0 aromatic heterocycles. The van der Waals surface area contributed by atoms with Crippen LogP contribution in [0.3, 0.4) is 0 Å².